The number of amides is 1. The second-order valence-corrected chi connectivity index (χ2v) is 5.60. The molecular weight excluding hydrogens is 297 g/mol. The zero-order valence-electron chi connectivity index (χ0n) is 12.2. The first-order chi connectivity index (χ1) is 10.3. The quantitative estimate of drug-likeness (QED) is 0.896. The summed E-state index contributed by atoms with van der Waals surface area (Å²) in [6, 6.07) is 4.78. The summed E-state index contributed by atoms with van der Waals surface area (Å²) < 4.78 is 38.3. The van der Waals surface area contributed by atoms with Crippen molar-refractivity contribution in [2.45, 2.75) is 37.7 Å². The Morgan fingerprint density at radius 2 is 2.14 bits per heavy atom. The van der Waals surface area contributed by atoms with Crippen molar-refractivity contribution in [3.05, 3.63) is 35.4 Å². The van der Waals surface area contributed by atoms with Gasteiger partial charge in [-0.3, -0.25) is 9.69 Å². The molecule has 1 saturated heterocycles. The number of carbonyl (C=O) groups excluding carboxylic acids is 1. The third-order valence-electron chi connectivity index (χ3n) is 3.91. The Balaban J connectivity index is 1.96. The Bertz CT molecular complexity index is 534. The molecule has 1 amide bonds. The van der Waals surface area contributed by atoms with E-state index in [0.29, 0.717) is 17.5 Å². The molecule has 7 heteroatoms. The average Bonchev–Trinajstić information content (AvgIpc) is 2.46. The Labute approximate surface area is 126 Å². The molecule has 0 unspecified atom stereocenters. The van der Waals surface area contributed by atoms with Gasteiger partial charge in [-0.15, -0.1) is 0 Å². The average molecular weight is 316 g/mol. The maximum absolute atomic E-state index is 12.8. The zero-order chi connectivity index (χ0) is 16.3. The molecule has 2 rings (SSSR count). The van der Waals surface area contributed by atoms with E-state index >= 15 is 0 Å². The normalized spacial score (nSPS) is 23.3. The number of alkyl halides is 3. The molecule has 0 bridgehead atoms. The molecule has 2 N–H and O–H groups in total. The van der Waals surface area contributed by atoms with Gasteiger partial charge in [-0.05, 0) is 37.6 Å². The van der Waals surface area contributed by atoms with Gasteiger partial charge in [0.2, 0.25) is 0 Å². The van der Waals surface area contributed by atoms with Gasteiger partial charge < -0.3 is 10.4 Å². The highest BCUT2D eigenvalue weighted by atomic mass is 19.4. The number of nitrogens with one attached hydrogen (secondary N) is 1. The molecule has 0 saturated carbocycles. The zero-order valence-corrected chi connectivity index (χ0v) is 12.2. The third-order valence-corrected chi connectivity index (χ3v) is 3.91. The monoisotopic (exact) mass is 316 g/mol. The van der Waals surface area contributed by atoms with E-state index in [9.17, 15) is 18.0 Å². The number of likely N-dealkylation sites (N-methyl/N-ethyl adjacent to an activating group) is 1. The van der Waals surface area contributed by atoms with E-state index in [4.69, 9.17) is 5.11 Å². The predicted molar refractivity (Wildman–Crippen MR) is 75.3 cm³/mol. The van der Waals surface area contributed by atoms with Crippen LogP contribution in [0.15, 0.2) is 24.3 Å². The third kappa shape index (κ3) is 3.98. The standard InChI is InChI=1S/C15H19F3N2O2/c1-20-8-12(5-6-13(20)15(16,17)18)19-14(22)11-4-2-3-10(7-11)9-21/h2-4,7,12-13,21H,5-6,8-9H2,1H3,(H,19,22)/t12-,13-/m1/s1. The van der Waals surface area contributed by atoms with E-state index in [-0.39, 0.29) is 31.5 Å². The minimum Gasteiger partial charge on any atom is -0.392 e. The van der Waals surface area contributed by atoms with Gasteiger partial charge in [0, 0.05) is 18.2 Å². The number of likely N-dealkylation sites (tertiary alicyclic amines) is 1. The molecule has 0 spiro atoms. The summed E-state index contributed by atoms with van der Waals surface area (Å²) in [5.74, 6) is -0.334. The fourth-order valence-electron chi connectivity index (χ4n) is 2.76. The number of benzene rings is 1. The van der Waals surface area contributed by atoms with Crippen molar-refractivity contribution in [1.29, 1.82) is 0 Å². The highest BCUT2D eigenvalue weighted by Crippen LogP contribution is 2.30. The van der Waals surface area contributed by atoms with Crippen LogP contribution in [0.4, 0.5) is 13.2 Å². The number of aliphatic hydroxyl groups is 1. The van der Waals surface area contributed by atoms with Gasteiger partial charge >= 0.3 is 6.18 Å². The van der Waals surface area contributed by atoms with Crippen molar-refractivity contribution in [1.82, 2.24) is 10.2 Å². The smallest absolute Gasteiger partial charge is 0.392 e. The van der Waals surface area contributed by atoms with E-state index in [1.165, 1.54) is 11.9 Å². The summed E-state index contributed by atoms with van der Waals surface area (Å²) in [6.07, 6.45) is -3.97. The van der Waals surface area contributed by atoms with Crippen LogP contribution < -0.4 is 5.32 Å². The molecule has 1 aromatic rings. The van der Waals surface area contributed by atoms with Crippen LogP contribution in [-0.4, -0.2) is 47.8 Å². The molecule has 1 aliphatic rings. The van der Waals surface area contributed by atoms with Crippen LogP contribution in [0.25, 0.3) is 0 Å². The van der Waals surface area contributed by atoms with Gasteiger partial charge in [0.05, 0.1) is 6.61 Å². The molecule has 0 radical (unpaired) electrons. The molecular formula is C15H19F3N2O2. The van der Waals surface area contributed by atoms with Gasteiger partial charge in [0.25, 0.3) is 5.91 Å². The first-order valence-electron chi connectivity index (χ1n) is 7.09. The lowest BCUT2D eigenvalue weighted by Gasteiger charge is -2.38. The molecule has 1 heterocycles. The fraction of sp³-hybridized carbons (Fsp3) is 0.533. The minimum atomic E-state index is -4.24. The predicted octanol–water partition coefficient (Wildman–Crippen LogP) is 1.93. The molecule has 1 aliphatic heterocycles. The summed E-state index contributed by atoms with van der Waals surface area (Å²) in [4.78, 5) is 13.4. The van der Waals surface area contributed by atoms with Crippen molar-refractivity contribution < 1.29 is 23.1 Å². The van der Waals surface area contributed by atoms with E-state index in [1.807, 2.05) is 0 Å². The van der Waals surface area contributed by atoms with E-state index in [2.05, 4.69) is 5.32 Å². The number of rotatable bonds is 3. The van der Waals surface area contributed by atoms with Crippen LogP contribution >= 0.6 is 0 Å². The fourth-order valence-corrected chi connectivity index (χ4v) is 2.76. The Kier molecular flexibility index (Phi) is 5.08. The molecule has 0 aliphatic carbocycles. The highest BCUT2D eigenvalue weighted by Gasteiger charge is 2.44. The maximum Gasteiger partial charge on any atom is 0.404 e. The number of hydrogen-bond donors (Lipinski definition) is 2. The maximum atomic E-state index is 12.8. The van der Waals surface area contributed by atoms with E-state index in [0.717, 1.165) is 0 Å². The Morgan fingerprint density at radius 1 is 1.41 bits per heavy atom. The summed E-state index contributed by atoms with van der Waals surface area (Å²) >= 11 is 0. The van der Waals surface area contributed by atoms with E-state index in [1.54, 1.807) is 24.3 Å². The second-order valence-electron chi connectivity index (χ2n) is 5.60. The lowest BCUT2D eigenvalue weighted by atomic mass is 9.98. The van der Waals surface area contributed by atoms with Gasteiger partial charge in [0.15, 0.2) is 0 Å². The number of piperidine rings is 1. The lowest BCUT2D eigenvalue weighted by Crippen LogP contribution is -2.54. The first kappa shape index (κ1) is 16.8. The largest absolute Gasteiger partial charge is 0.404 e. The summed E-state index contributed by atoms with van der Waals surface area (Å²) in [7, 11) is 1.42. The van der Waals surface area contributed by atoms with Crippen molar-refractivity contribution in [2.75, 3.05) is 13.6 Å². The number of nitrogens with zero attached hydrogens (tertiary/aromatic N) is 1. The summed E-state index contributed by atoms with van der Waals surface area (Å²) in [5.41, 5.74) is 1.01. The van der Waals surface area contributed by atoms with Crippen molar-refractivity contribution >= 4 is 5.91 Å². The van der Waals surface area contributed by atoms with Crippen LogP contribution in [0.2, 0.25) is 0 Å². The van der Waals surface area contributed by atoms with Crippen LogP contribution in [0.5, 0.6) is 0 Å². The molecule has 22 heavy (non-hydrogen) atoms. The molecule has 2 atom stereocenters. The number of halogens is 3. The molecule has 4 nitrogen and oxygen atoms in total. The molecule has 1 fully saturated rings. The lowest BCUT2D eigenvalue weighted by molar-refractivity contribution is -0.188. The number of aliphatic hydroxyl groups excluding tert-OH is 1. The minimum absolute atomic E-state index is 0.0262. The first-order valence-corrected chi connectivity index (χ1v) is 7.09. The van der Waals surface area contributed by atoms with Crippen LogP contribution in [0, 0.1) is 0 Å². The van der Waals surface area contributed by atoms with Crippen molar-refractivity contribution in [2.24, 2.45) is 0 Å². The van der Waals surface area contributed by atoms with Crippen LogP contribution in [-0.2, 0) is 6.61 Å². The molecule has 1 aromatic carbocycles. The van der Waals surface area contributed by atoms with Gasteiger partial charge in [-0.2, -0.15) is 13.2 Å². The van der Waals surface area contributed by atoms with Crippen molar-refractivity contribution in [3.8, 4) is 0 Å². The second kappa shape index (κ2) is 6.66. The Hall–Kier alpha value is -1.60. The molecule has 0 aromatic heterocycles. The van der Waals surface area contributed by atoms with Gasteiger partial charge in [-0.1, -0.05) is 12.1 Å². The highest BCUT2D eigenvalue weighted by molar-refractivity contribution is 5.94. The van der Waals surface area contributed by atoms with Crippen LogP contribution in [0.3, 0.4) is 0 Å². The van der Waals surface area contributed by atoms with Gasteiger partial charge in [-0.25, -0.2) is 0 Å². The number of hydrogen-bond acceptors (Lipinski definition) is 3. The Morgan fingerprint density at radius 3 is 2.73 bits per heavy atom. The van der Waals surface area contributed by atoms with Gasteiger partial charge in [0.1, 0.15) is 6.04 Å². The topological polar surface area (TPSA) is 52.6 Å². The van der Waals surface area contributed by atoms with Crippen LogP contribution in [0.1, 0.15) is 28.8 Å². The number of carbonyl (C=O) groups is 1. The summed E-state index contributed by atoms with van der Waals surface area (Å²) in [5, 5.41) is 11.8. The summed E-state index contributed by atoms with van der Waals surface area (Å²) in [6.45, 7) is -0.00381. The molecule has 122 valence electrons. The SMILES string of the molecule is CN1C[C@H](NC(=O)c2cccc(CO)c2)CC[C@@H]1C(F)(F)F. The van der Waals surface area contributed by atoms with E-state index < -0.39 is 12.2 Å². The van der Waals surface area contributed by atoms with Crippen molar-refractivity contribution in [3.63, 3.8) is 0 Å².